The number of hydrogen-bond acceptors (Lipinski definition) is 7. The van der Waals surface area contributed by atoms with E-state index < -0.39 is 0 Å². The van der Waals surface area contributed by atoms with Crippen molar-refractivity contribution in [3.63, 3.8) is 0 Å². The van der Waals surface area contributed by atoms with E-state index in [1.54, 1.807) is 17.0 Å². The molecule has 3 heterocycles. The van der Waals surface area contributed by atoms with Crippen LogP contribution >= 0.6 is 0 Å². The lowest BCUT2D eigenvalue weighted by Crippen LogP contribution is -2.41. The van der Waals surface area contributed by atoms with Gasteiger partial charge in [0, 0.05) is 30.6 Å². The van der Waals surface area contributed by atoms with Crippen LogP contribution in [0.25, 0.3) is 0 Å². The Bertz CT molecular complexity index is 1250. The lowest BCUT2D eigenvalue weighted by molar-refractivity contribution is 0.0541. The lowest BCUT2D eigenvalue weighted by Gasteiger charge is -2.34. The first kappa shape index (κ1) is 23.0. The van der Waals surface area contributed by atoms with Gasteiger partial charge in [-0.2, -0.15) is 10.4 Å². The van der Waals surface area contributed by atoms with Crippen molar-refractivity contribution in [1.82, 2.24) is 9.88 Å². The number of aromatic nitrogens is 1. The van der Waals surface area contributed by atoms with E-state index in [1.807, 2.05) is 24.3 Å². The Kier molecular flexibility index (Phi) is 5.88. The van der Waals surface area contributed by atoms with Crippen molar-refractivity contribution in [3.05, 3.63) is 52.8 Å². The summed E-state index contributed by atoms with van der Waals surface area (Å²) >= 11 is 0. The SMILES string of the molecule is N#Cc1ccc(N2N=C3c4ccc(C(=O)N5CCC(O)CC5)nc4CCC3C2C2CCCC2)cc1O. The maximum Gasteiger partial charge on any atom is 0.272 e. The smallest absolute Gasteiger partial charge is 0.272 e. The molecule has 0 spiro atoms. The van der Waals surface area contributed by atoms with Gasteiger partial charge in [0.25, 0.3) is 5.91 Å². The molecule has 2 atom stereocenters. The van der Waals surface area contributed by atoms with Crippen LogP contribution in [0.4, 0.5) is 5.69 Å². The summed E-state index contributed by atoms with van der Waals surface area (Å²) in [5.74, 6) is 0.702. The number of aliphatic hydroxyl groups excluding tert-OH is 1. The molecular formula is C28H31N5O3. The van der Waals surface area contributed by atoms with Gasteiger partial charge in [0.05, 0.1) is 34.8 Å². The topological polar surface area (TPSA) is 113 Å². The van der Waals surface area contributed by atoms with E-state index in [0.717, 1.165) is 35.5 Å². The Labute approximate surface area is 210 Å². The molecule has 6 rings (SSSR count). The molecule has 2 aliphatic heterocycles. The second-order valence-electron chi connectivity index (χ2n) is 10.5. The Balaban J connectivity index is 1.33. The van der Waals surface area contributed by atoms with Crippen molar-refractivity contribution in [2.24, 2.45) is 16.9 Å². The number of aryl methyl sites for hydroxylation is 1. The number of phenols is 1. The van der Waals surface area contributed by atoms with Crippen LogP contribution in [0.5, 0.6) is 5.75 Å². The van der Waals surface area contributed by atoms with Gasteiger partial charge >= 0.3 is 0 Å². The van der Waals surface area contributed by atoms with E-state index in [4.69, 9.17) is 10.1 Å². The largest absolute Gasteiger partial charge is 0.506 e. The molecule has 1 amide bonds. The van der Waals surface area contributed by atoms with E-state index >= 15 is 0 Å². The number of aliphatic hydroxyl groups is 1. The van der Waals surface area contributed by atoms with Crippen LogP contribution in [0.1, 0.15) is 72.3 Å². The number of piperidine rings is 1. The number of hydrazone groups is 1. The maximum absolute atomic E-state index is 13.1. The second-order valence-corrected chi connectivity index (χ2v) is 10.5. The maximum atomic E-state index is 13.1. The van der Waals surface area contributed by atoms with Crippen molar-refractivity contribution in [2.75, 3.05) is 18.1 Å². The standard InChI is InChI=1S/C28H31N5O3/c29-16-18-5-6-19(15-25(18)35)33-27(17-3-1-2-4-17)22-8-9-23-21(26(22)31-33)7-10-24(30-23)28(36)32-13-11-20(34)12-14-32/h5-7,10,15,17,20,22,27,34-35H,1-4,8-9,11-14H2. The number of amides is 1. The van der Waals surface area contributed by atoms with Gasteiger partial charge in [-0.1, -0.05) is 12.8 Å². The zero-order valence-electron chi connectivity index (χ0n) is 20.3. The number of aromatic hydroxyl groups is 1. The summed E-state index contributed by atoms with van der Waals surface area (Å²) in [6, 6.07) is 11.2. The van der Waals surface area contributed by atoms with Crippen LogP contribution in [0.15, 0.2) is 35.4 Å². The number of fused-ring (bicyclic) bond motifs is 3. The quantitative estimate of drug-likeness (QED) is 0.687. The average Bonchev–Trinajstić information content (AvgIpc) is 3.56. The summed E-state index contributed by atoms with van der Waals surface area (Å²) in [5.41, 5.74) is 4.48. The summed E-state index contributed by atoms with van der Waals surface area (Å²) in [4.78, 5) is 19.6. The first-order chi connectivity index (χ1) is 17.5. The van der Waals surface area contributed by atoms with Crippen molar-refractivity contribution in [2.45, 2.75) is 63.5 Å². The van der Waals surface area contributed by atoms with E-state index in [9.17, 15) is 20.3 Å². The number of phenolic OH excluding ortho intramolecular Hbond substituents is 1. The fourth-order valence-electron chi connectivity index (χ4n) is 6.53. The van der Waals surface area contributed by atoms with Crippen LogP contribution in [0, 0.1) is 23.2 Å². The van der Waals surface area contributed by atoms with Crippen LogP contribution < -0.4 is 5.01 Å². The van der Waals surface area contributed by atoms with Crippen molar-refractivity contribution >= 4 is 17.3 Å². The van der Waals surface area contributed by atoms with Crippen molar-refractivity contribution in [3.8, 4) is 11.8 Å². The van der Waals surface area contributed by atoms with Crippen molar-refractivity contribution < 1.29 is 15.0 Å². The molecule has 1 aromatic heterocycles. The minimum Gasteiger partial charge on any atom is -0.506 e. The van der Waals surface area contributed by atoms with E-state index in [2.05, 4.69) is 5.01 Å². The van der Waals surface area contributed by atoms with E-state index in [1.165, 1.54) is 25.7 Å². The third-order valence-electron chi connectivity index (χ3n) is 8.42. The molecule has 8 heteroatoms. The molecule has 1 aromatic carbocycles. The molecule has 1 saturated heterocycles. The number of nitrogens with zero attached hydrogens (tertiary/aromatic N) is 5. The molecular weight excluding hydrogens is 454 g/mol. The number of hydrogen-bond donors (Lipinski definition) is 2. The van der Waals surface area contributed by atoms with Crippen LogP contribution in [0.2, 0.25) is 0 Å². The number of pyridine rings is 1. The third kappa shape index (κ3) is 3.92. The fraction of sp³-hybridized carbons (Fsp3) is 0.500. The summed E-state index contributed by atoms with van der Waals surface area (Å²) in [6.45, 7) is 1.12. The predicted molar refractivity (Wildman–Crippen MR) is 135 cm³/mol. The average molecular weight is 486 g/mol. The first-order valence-electron chi connectivity index (χ1n) is 13.1. The minimum atomic E-state index is -0.323. The summed E-state index contributed by atoms with van der Waals surface area (Å²) < 4.78 is 0. The zero-order chi connectivity index (χ0) is 24.8. The molecule has 2 aromatic rings. The van der Waals surface area contributed by atoms with Gasteiger partial charge in [0.2, 0.25) is 0 Å². The summed E-state index contributed by atoms with van der Waals surface area (Å²) in [6.07, 6.45) is 7.42. The van der Waals surface area contributed by atoms with Gasteiger partial charge in [-0.3, -0.25) is 9.80 Å². The van der Waals surface area contributed by atoms with Crippen LogP contribution in [-0.2, 0) is 6.42 Å². The predicted octanol–water partition coefficient (Wildman–Crippen LogP) is 3.60. The molecule has 2 fully saturated rings. The second kappa shape index (κ2) is 9.21. The zero-order valence-corrected chi connectivity index (χ0v) is 20.3. The molecule has 4 aliphatic rings. The monoisotopic (exact) mass is 485 g/mol. The number of likely N-dealkylation sites (tertiary alicyclic amines) is 1. The number of nitriles is 1. The lowest BCUT2D eigenvalue weighted by atomic mass is 9.76. The molecule has 2 N–H and O–H groups in total. The van der Waals surface area contributed by atoms with E-state index in [0.29, 0.717) is 37.5 Å². The highest BCUT2D eigenvalue weighted by Gasteiger charge is 2.46. The van der Waals surface area contributed by atoms with Crippen LogP contribution in [0.3, 0.4) is 0 Å². The Morgan fingerprint density at radius 2 is 1.83 bits per heavy atom. The van der Waals surface area contributed by atoms with Gasteiger partial charge in [-0.15, -0.1) is 0 Å². The van der Waals surface area contributed by atoms with Gasteiger partial charge in [-0.25, -0.2) is 4.98 Å². The Hall–Kier alpha value is -3.44. The highest BCUT2D eigenvalue weighted by Crippen LogP contribution is 2.45. The van der Waals surface area contributed by atoms with Gasteiger partial charge in [0.1, 0.15) is 17.5 Å². The highest BCUT2D eigenvalue weighted by atomic mass is 16.3. The highest BCUT2D eigenvalue weighted by molar-refractivity contribution is 6.07. The van der Waals surface area contributed by atoms with Gasteiger partial charge < -0.3 is 15.1 Å². The summed E-state index contributed by atoms with van der Waals surface area (Å²) in [7, 11) is 0. The molecule has 2 unspecified atom stereocenters. The molecule has 8 nitrogen and oxygen atoms in total. The molecule has 1 saturated carbocycles. The fourth-order valence-corrected chi connectivity index (χ4v) is 6.53. The van der Waals surface area contributed by atoms with Gasteiger partial charge in [0.15, 0.2) is 0 Å². The molecule has 186 valence electrons. The molecule has 36 heavy (non-hydrogen) atoms. The number of carbonyl (C=O) groups is 1. The molecule has 2 aliphatic carbocycles. The Morgan fingerprint density at radius 1 is 1.06 bits per heavy atom. The minimum absolute atomic E-state index is 0.0225. The first-order valence-corrected chi connectivity index (χ1v) is 13.1. The van der Waals surface area contributed by atoms with Crippen LogP contribution in [-0.4, -0.2) is 57.0 Å². The summed E-state index contributed by atoms with van der Waals surface area (Å²) in [5, 5.41) is 36.6. The Morgan fingerprint density at radius 3 is 2.56 bits per heavy atom. The van der Waals surface area contributed by atoms with Gasteiger partial charge in [-0.05, 0) is 68.7 Å². The third-order valence-corrected chi connectivity index (χ3v) is 8.42. The van der Waals surface area contributed by atoms with E-state index in [-0.39, 0.29) is 35.3 Å². The normalized spacial score (nSPS) is 24.3. The molecule has 0 radical (unpaired) electrons. The number of rotatable bonds is 3. The van der Waals surface area contributed by atoms with Crippen molar-refractivity contribution in [1.29, 1.82) is 5.26 Å². The number of anilines is 1. The number of carbonyl (C=O) groups excluding carboxylic acids is 1. The number of benzene rings is 1. The molecule has 0 bridgehead atoms.